The van der Waals surface area contributed by atoms with E-state index in [9.17, 15) is 0 Å². The molecule has 1 fully saturated rings. The number of piperidine rings is 1. The van der Waals surface area contributed by atoms with E-state index in [2.05, 4.69) is 65.6 Å². The Kier molecular flexibility index (Phi) is 6.61. The maximum atomic E-state index is 6.11. The van der Waals surface area contributed by atoms with Gasteiger partial charge in [0, 0.05) is 28.7 Å². The molecule has 2 N–H and O–H groups in total. The quantitative estimate of drug-likeness (QED) is 0.530. The second-order valence-corrected chi connectivity index (χ2v) is 9.26. The zero-order chi connectivity index (χ0) is 22.6. The molecule has 168 valence electrons. The summed E-state index contributed by atoms with van der Waals surface area (Å²) < 4.78 is 6.11. The van der Waals surface area contributed by atoms with Crippen molar-refractivity contribution in [3.05, 3.63) is 66.4 Å². The third-order valence-electron chi connectivity index (χ3n) is 5.54. The van der Waals surface area contributed by atoms with Gasteiger partial charge in [-0.3, -0.25) is 0 Å². The fourth-order valence-corrected chi connectivity index (χ4v) is 3.98. The molecule has 1 aliphatic rings. The van der Waals surface area contributed by atoms with Crippen LogP contribution in [0.15, 0.2) is 60.8 Å². The van der Waals surface area contributed by atoms with Gasteiger partial charge >= 0.3 is 0 Å². The number of hydrogen-bond donors (Lipinski definition) is 2. The molecule has 0 bridgehead atoms. The van der Waals surface area contributed by atoms with Gasteiger partial charge in [0.2, 0.25) is 5.95 Å². The van der Waals surface area contributed by atoms with Crippen LogP contribution in [0.4, 0.5) is 23.1 Å². The van der Waals surface area contributed by atoms with Crippen LogP contribution in [0.1, 0.15) is 39.2 Å². The van der Waals surface area contributed by atoms with Crippen LogP contribution in [0.5, 0.6) is 5.75 Å². The standard InChI is InChI=1S/C26H33N5O/c1-19-18-28-25(30-24(19)31(26(2,3)4)21-8-6-5-7-9-21)29-20-10-12-22(13-11-20)32-23-14-16-27-17-15-23/h5-13,18,23,27H,14-17H2,1-4H3,(H,28,29,30). The smallest absolute Gasteiger partial charge is 0.229 e. The average molecular weight is 432 g/mol. The van der Waals surface area contributed by atoms with Crippen LogP contribution in [0.2, 0.25) is 0 Å². The van der Waals surface area contributed by atoms with E-state index in [1.807, 2.05) is 43.5 Å². The maximum Gasteiger partial charge on any atom is 0.229 e. The Morgan fingerprint density at radius 3 is 2.34 bits per heavy atom. The number of aromatic nitrogens is 2. The minimum absolute atomic E-state index is 0.147. The molecule has 3 aromatic rings. The molecular formula is C26H33N5O. The number of anilines is 4. The van der Waals surface area contributed by atoms with E-state index in [1.54, 1.807) is 0 Å². The van der Waals surface area contributed by atoms with Crippen LogP contribution in [0.3, 0.4) is 0 Å². The highest BCUT2D eigenvalue weighted by molar-refractivity contribution is 5.66. The molecule has 0 radical (unpaired) electrons. The highest BCUT2D eigenvalue weighted by atomic mass is 16.5. The zero-order valence-corrected chi connectivity index (χ0v) is 19.4. The topological polar surface area (TPSA) is 62.3 Å². The average Bonchev–Trinajstić information content (AvgIpc) is 2.78. The lowest BCUT2D eigenvalue weighted by Gasteiger charge is -2.37. The molecule has 1 saturated heterocycles. The van der Waals surface area contributed by atoms with Gasteiger partial charge in [0.05, 0.1) is 0 Å². The summed E-state index contributed by atoms with van der Waals surface area (Å²) in [6, 6.07) is 18.4. The predicted molar refractivity (Wildman–Crippen MR) is 131 cm³/mol. The van der Waals surface area contributed by atoms with Gasteiger partial charge in [-0.05, 0) is 90.0 Å². The summed E-state index contributed by atoms with van der Waals surface area (Å²) in [5.74, 6) is 2.37. The third-order valence-corrected chi connectivity index (χ3v) is 5.54. The van der Waals surface area contributed by atoms with E-state index in [-0.39, 0.29) is 5.54 Å². The summed E-state index contributed by atoms with van der Waals surface area (Å²) in [6.07, 6.45) is 4.26. The summed E-state index contributed by atoms with van der Waals surface area (Å²) in [5.41, 5.74) is 2.91. The highest BCUT2D eigenvalue weighted by Gasteiger charge is 2.26. The van der Waals surface area contributed by atoms with Crippen molar-refractivity contribution in [3.63, 3.8) is 0 Å². The molecule has 0 saturated carbocycles. The van der Waals surface area contributed by atoms with Crippen molar-refractivity contribution < 1.29 is 4.74 Å². The van der Waals surface area contributed by atoms with Crippen molar-refractivity contribution in [1.82, 2.24) is 15.3 Å². The van der Waals surface area contributed by atoms with Crippen molar-refractivity contribution in [2.75, 3.05) is 23.3 Å². The minimum Gasteiger partial charge on any atom is -0.490 e. The lowest BCUT2D eigenvalue weighted by molar-refractivity contribution is 0.162. The first-order valence-electron chi connectivity index (χ1n) is 11.3. The number of aryl methyl sites for hydroxylation is 1. The summed E-state index contributed by atoms with van der Waals surface area (Å²) >= 11 is 0. The molecule has 0 aliphatic carbocycles. The lowest BCUT2D eigenvalue weighted by Crippen LogP contribution is -2.38. The molecule has 4 rings (SSSR count). The Hall–Kier alpha value is -3.12. The normalized spacial score (nSPS) is 14.8. The van der Waals surface area contributed by atoms with Crippen molar-refractivity contribution >= 4 is 23.1 Å². The molecular weight excluding hydrogens is 398 g/mol. The molecule has 1 aliphatic heterocycles. The number of benzene rings is 2. The first-order chi connectivity index (χ1) is 15.4. The summed E-state index contributed by atoms with van der Waals surface area (Å²) in [6.45, 7) is 10.7. The summed E-state index contributed by atoms with van der Waals surface area (Å²) in [7, 11) is 0. The van der Waals surface area contributed by atoms with E-state index >= 15 is 0 Å². The van der Waals surface area contributed by atoms with E-state index in [0.717, 1.165) is 54.4 Å². The molecule has 0 spiro atoms. The fraction of sp³-hybridized carbons (Fsp3) is 0.385. The largest absolute Gasteiger partial charge is 0.490 e. The Balaban J connectivity index is 1.53. The second kappa shape index (κ2) is 9.57. The number of rotatable bonds is 6. The number of nitrogens with one attached hydrogen (secondary N) is 2. The van der Waals surface area contributed by atoms with Crippen molar-refractivity contribution in [1.29, 1.82) is 0 Å². The fourth-order valence-electron chi connectivity index (χ4n) is 3.98. The monoisotopic (exact) mass is 431 g/mol. The third kappa shape index (κ3) is 5.37. The molecule has 2 aromatic carbocycles. The summed E-state index contributed by atoms with van der Waals surface area (Å²) in [5, 5.41) is 6.71. The predicted octanol–water partition coefficient (Wildman–Crippen LogP) is 5.60. The zero-order valence-electron chi connectivity index (χ0n) is 19.4. The van der Waals surface area contributed by atoms with Gasteiger partial charge in [-0.15, -0.1) is 0 Å². The van der Waals surface area contributed by atoms with Gasteiger partial charge in [0.15, 0.2) is 0 Å². The van der Waals surface area contributed by atoms with Crippen LogP contribution in [0.25, 0.3) is 0 Å². The van der Waals surface area contributed by atoms with E-state index in [4.69, 9.17) is 9.72 Å². The van der Waals surface area contributed by atoms with Crippen LogP contribution in [0, 0.1) is 6.92 Å². The van der Waals surface area contributed by atoms with Crippen LogP contribution < -0.4 is 20.3 Å². The molecule has 6 nitrogen and oxygen atoms in total. The van der Waals surface area contributed by atoms with Gasteiger partial charge in [-0.1, -0.05) is 18.2 Å². The SMILES string of the molecule is Cc1cnc(Nc2ccc(OC3CCNCC3)cc2)nc1N(c1ccccc1)C(C)(C)C. The van der Waals surface area contributed by atoms with Crippen molar-refractivity contribution in [3.8, 4) is 5.75 Å². The van der Waals surface area contributed by atoms with Crippen LogP contribution in [-0.4, -0.2) is 34.7 Å². The second-order valence-electron chi connectivity index (χ2n) is 9.26. The van der Waals surface area contributed by atoms with Gasteiger partial charge < -0.3 is 20.3 Å². The Morgan fingerprint density at radius 1 is 1.00 bits per heavy atom. The molecule has 0 atom stereocenters. The number of nitrogens with zero attached hydrogens (tertiary/aromatic N) is 3. The maximum absolute atomic E-state index is 6.11. The van der Waals surface area contributed by atoms with E-state index < -0.39 is 0 Å². The number of para-hydroxylation sites is 1. The Bertz CT molecular complexity index is 1010. The molecule has 6 heteroatoms. The van der Waals surface area contributed by atoms with Crippen molar-refractivity contribution in [2.24, 2.45) is 0 Å². The van der Waals surface area contributed by atoms with Gasteiger partial charge in [-0.25, -0.2) is 4.98 Å². The molecule has 2 heterocycles. The minimum atomic E-state index is -0.147. The van der Waals surface area contributed by atoms with Crippen molar-refractivity contribution in [2.45, 2.75) is 52.2 Å². The van der Waals surface area contributed by atoms with Gasteiger partial charge in [-0.2, -0.15) is 4.98 Å². The van der Waals surface area contributed by atoms with Gasteiger partial charge in [0.1, 0.15) is 17.7 Å². The van der Waals surface area contributed by atoms with E-state index in [0.29, 0.717) is 12.1 Å². The molecule has 1 aromatic heterocycles. The number of hydrogen-bond acceptors (Lipinski definition) is 6. The Morgan fingerprint density at radius 2 is 1.69 bits per heavy atom. The van der Waals surface area contributed by atoms with E-state index in [1.165, 1.54) is 0 Å². The van der Waals surface area contributed by atoms with Crippen LogP contribution in [-0.2, 0) is 0 Å². The lowest BCUT2D eigenvalue weighted by atomic mass is 10.0. The number of ether oxygens (including phenoxy) is 1. The highest BCUT2D eigenvalue weighted by Crippen LogP contribution is 2.34. The Labute approximate surface area is 191 Å². The molecule has 0 unspecified atom stereocenters. The first-order valence-corrected chi connectivity index (χ1v) is 11.3. The summed E-state index contributed by atoms with van der Waals surface area (Å²) in [4.78, 5) is 11.7. The van der Waals surface area contributed by atoms with Crippen LogP contribution >= 0.6 is 0 Å². The first kappa shape index (κ1) is 22.1. The molecule has 32 heavy (non-hydrogen) atoms. The molecule has 0 amide bonds. The van der Waals surface area contributed by atoms with Gasteiger partial charge in [0.25, 0.3) is 0 Å².